The minimum absolute atomic E-state index is 0.00858. The Labute approximate surface area is 107 Å². The second kappa shape index (κ2) is 5.10. The van der Waals surface area contributed by atoms with Crippen LogP contribution in [0.4, 0.5) is 4.39 Å². The van der Waals surface area contributed by atoms with Gasteiger partial charge >= 0.3 is 5.97 Å². The first-order valence-corrected chi connectivity index (χ1v) is 5.36. The molecule has 18 heavy (non-hydrogen) atoms. The molecule has 0 aliphatic rings. The molecule has 0 saturated heterocycles. The molecule has 0 bridgehead atoms. The van der Waals surface area contributed by atoms with Crippen molar-refractivity contribution in [3.8, 4) is 11.3 Å². The zero-order valence-electron chi connectivity index (χ0n) is 9.35. The Bertz CT molecular complexity index is 604. The fourth-order valence-electron chi connectivity index (χ4n) is 1.42. The van der Waals surface area contributed by atoms with Crippen LogP contribution in [-0.4, -0.2) is 23.0 Å². The molecule has 0 amide bonds. The number of carbonyl (C=O) groups excluding carboxylic acids is 1. The standard InChI is InChI=1S/C12H8ClFN2O2/c1-18-12(17)10-5-9(15-6-16-10)7-3-2-4-8(13)11(7)14/h2-6H,1H3. The van der Waals surface area contributed by atoms with E-state index in [-0.39, 0.29) is 22.0 Å². The van der Waals surface area contributed by atoms with Gasteiger partial charge in [-0.15, -0.1) is 0 Å². The summed E-state index contributed by atoms with van der Waals surface area (Å²) in [6.45, 7) is 0. The normalized spacial score (nSPS) is 10.2. The Morgan fingerprint density at radius 1 is 1.39 bits per heavy atom. The molecule has 0 spiro atoms. The van der Waals surface area contributed by atoms with Crippen LogP contribution in [0.15, 0.2) is 30.6 Å². The highest BCUT2D eigenvalue weighted by Crippen LogP contribution is 2.26. The monoisotopic (exact) mass is 266 g/mol. The molecule has 1 aromatic heterocycles. The van der Waals surface area contributed by atoms with E-state index < -0.39 is 11.8 Å². The summed E-state index contributed by atoms with van der Waals surface area (Å²) in [6, 6.07) is 5.90. The van der Waals surface area contributed by atoms with Crippen LogP contribution < -0.4 is 0 Å². The fraction of sp³-hybridized carbons (Fsp3) is 0.0833. The maximum Gasteiger partial charge on any atom is 0.356 e. The Hall–Kier alpha value is -2.01. The summed E-state index contributed by atoms with van der Waals surface area (Å²) >= 11 is 5.68. The third-order valence-electron chi connectivity index (χ3n) is 2.29. The minimum Gasteiger partial charge on any atom is -0.464 e. The van der Waals surface area contributed by atoms with Gasteiger partial charge in [0, 0.05) is 5.56 Å². The van der Waals surface area contributed by atoms with Crippen LogP contribution in [-0.2, 0) is 4.74 Å². The van der Waals surface area contributed by atoms with Gasteiger partial charge in [0.05, 0.1) is 17.8 Å². The maximum atomic E-state index is 13.8. The third-order valence-corrected chi connectivity index (χ3v) is 2.58. The molecule has 92 valence electrons. The number of aromatic nitrogens is 2. The van der Waals surface area contributed by atoms with E-state index >= 15 is 0 Å². The van der Waals surface area contributed by atoms with Crippen molar-refractivity contribution >= 4 is 17.6 Å². The molecule has 0 fully saturated rings. The predicted octanol–water partition coefficient (Wildman–Crippen LogP) is 2.72. The van der Waals surface area contributed by atoms with Gasteiger partial charge in [0.15, 0.2) is 11.5 Å². The fourth-order valence-corrected chi connectivity index (χ4v) is 1.60. The molecule has 0 atom stereocenters. The number of hydrogen-bond donors (Lipinski definition) is 0. The zero-order valence-corrected chi connectivity index (χ0v) is 10.1. The molecule has 0 aliphatic heterocycles. The number of halogens is 2. The molecule has 0 saturated carbocycles. The summed E-state index contributed by atoms with van der Waals surface area (Å²) in [5.41, 5.74) is 0.530. The molecule has 0 N–H and O–H groups in total. The van der Waals surface area contributed by atoms with Gasteiger partial charge in [-0.1, -0.05) is 17.7 Å². The quantitative estimate of drug-likeness (QED) is 0.784. The van der Waals surface area contributed by atoms with Crippen molar-refractivity contribution in [1.29, 1.82) is 0 Å². The number of rotatable bonds is 2. The summed E-state index contributed by atoms with van der Waals surface area (Å²) in [5, 5.41) is -0.00858. The second-order valence-electron chi connectivity index (χ2n) is 3.38. The molecule has 1 heterocycles. The van der Waals surface area contributed by atoms with Crippen molar-refractivity contribution < 1.29 is 13.9 Å². The second-order valence-corrected chi connectivity index (χ2v) is 3.79. The van der Waals surface area contributed by atoms with Gasteiger partial charge in [-0.2, -0.15) is 0 Å². The lowest BCUT2D eigenvalue weighted by atomic mass is 10.1. The van der Waals surface area contributed by atoms with E-state index in [0.29, 0.717) is 0 Å². The average molecular weight is 267 g/mol. The van der Waals surface area contributed by atoms with Gasteiger partial charge in [-0.05, 0) is 18.2 Å². The Morgan fingerprint density at radius 2 is 2.17 bits per heavy atom. The van der Waals surface area contributed by atoms with Crippen LogP contribution >= 0.6 is 11.6 Å². The van der Waals surface area contributed by atoms with Crippen molar-refractivity contribution in [2.24, 2.45) is 0 Å². The van der Waals surface area contributed by atoms with Gasteiger partial charge in [0.1, 0.15) is 6.33 Å². The van der Waals surface area contributed by atoms with Crippen LogP contribution in [0, 0.1) is 5.82 Å². The topological polar surface area (TPSA) is 52.1 Å². The number of methoxy groups -OCH3 is 1. The SMILES string of the molecule is COC(=O)c1cc(-c2cccc(Cl)c2F)ncn1. The number of carbonyl (C=O) groups is 1. The van der Waals surface area contributed by atoms with E-state index in [0.717, 1.165) is 0 Å². The van der Waals surface area contributed by atoms with Crippen molar-refractivity contribution in [2.75, 3.05) is 7.11 Å². The van der Waals surface area contributed by atoms with Crippen LogP contribution in [0.5, 0.6) is 0 Å². The smallest absolute Gasteiger partial charge is 0.356 e. The van der Waals surface area contributed by atoms with Gasteiger partial charge in [-0.25, -0.2) is 19.2 Å². The van der Waals surface area contributed by atoms with Gasteiger partial charge in [0.25, 0.3) is 0 Å². The molecule has 0 unspecified atom stereocenters. The predicted molar refractivity (Wildman–Crippen MR) is 63.8 cm³/mol. The minimum atomic E-state index is -0.610. The Kier molecular flexibility index (Phi) is 3.53. The van der Waals surface area contributed by atoms with Gasteiger partial charge in [0.2, 0.25) is 0 Å². The first kappa shape index (κ1) is 12.4. The van der Waals surface area contributed by atoms with Crippen molar-refractivity contribution in [3.05, 3.63) is 47.1 Å². The summed E-state index contributed by atoms with van der Waals surface area (Å²) in [5.74, 6) is -1.20. The number of esters is 1. The number of nitrogens with zero attached hydrogens (tertiary/aromatic N) is 2. The molecular weight excluding hydrogens is 259 g/mol. The van der Waals surface area contributed by atoms with E-state index in [2.05, 4.69) is 14.7 Å². The molecule has 2 rings (SSSR count). The highest BCUT2D eigenvalue weighted by atomic mass is 35.5. The van der Waals surface area contributed by atoms with E-state index in [1.165, 1.54) is 31.6 Å². The molecule has 1 aromatic carbocycles. The number of benzene rings is 1. The third kappa shape index (κ3) is 2.31. The number of ether oxygens (including phenoxy) is 1. The summed E-state index contributed by atoms with van der Waals surface area (Å²) in [6.07, 6.45) is 1.17. The Morgan fingerprint density at radius 3 is 2.89 bits per heavy atom. The lowest BCUT2D eigenvalue weighted by molar-refractivity contribution is 0.0594. The van der Waals surface area contributed by atoms with Crippen LogP contribution in [0.2, 0.25) is 5.02 Å². The van der Waals surface area contributed by atoms with E-state index in [9.17, 15) is 9.18 Å². The van der Waals surface area contributed by atoms with Gasteiger partial charge in [-0.3, -0.25) is 0 Å². The summed E-state index contributed by atoms with van der Waals surface area (Å²) < 4.78 is 18.3. The van der Waals surface area contributed by atoms with E-state index in [4.69, 9.17) is 11.6 Å². The van der Waals surface area contributed by atoms with Crippen molar-refractivity contribution in [2.45, 2.75) is 0 Å². The molecular formula is C12H8ClFN2O2. The van der Waals surface area contributed by atoms with E-state index in [1.807, 2.05) is 0 Å². The van der Waals surface area contributed by atoms with Crippen LogP contribution in [0.3, 0.4) is 0 Å². The van der Waals surface area contributed by atoms with Crippen LogP contribution in [0.25, 0.3) is 11.3 Å². The molecule has 4 nitrogen and oxygen atoms in total. The molecule has 2 aromatic rings. The Balaban J connectivity index is 2.51. The molecule has 0 aliphatic carbocycles. The molecule has 0 radical (unpaired) electrons. The largest absolute Gasteiger partial charge is 0.464 e. The average Bonchev–Trinajstić information content (AvgIpc) is 2.41. The lowest BCUT2D eigenvalue weighted by Crippen LogP contribution is -2.05. The first-order valence-electron chi connectivity index (χ1n) is 4.98. The van der Waals surface area contributed by atoms with Crippen LogP contribution in [0.1, 0.15) is 10.5 Å². The van der Waals surface area contributed by atoms with Gasteiger partial charge < -0.3 is 4.74 Å². The zero-order chi connectivity index (χ0) is 13.1. The van der Waals surface area contributed by atoms with E-state index in [1.54, 1.807) is 6.07 Å². The summed E-state index contributed by atoms with van der Waals surface area (Å²) in [4.78, 5) is 19.0. The summed E-state index contributed by atoms with van der Waals surface area (Å²) in [7, 11) is 1.24. The lowest BCUT2D eigenvalue weighted by Gasteiger charge is -2.05. The highest BCUT2D eigenvalue weighted by molar-refractivity contribution is 6.31. The maximum absolute atomic E-state index is 13.8. The highest BCUT2D eigenvalue weighted by Gasteiger charge is 2.13. The first-order chi connectivity index (χ1) is 8.63. The number of hydrogen-bond acceptors (Lipinski definition) is 4. The molecule has 6 heteroatoms. The van der Waals surface area contributed by atoms with Crippen molar-refractivity contribution in [3.63, 3.8) is 0 Å². The van der Waals surface area contributed by atoms with Crippen molar-refractivity contribution in [1.82, 2.24) is 9.97 Å².